The summed E-state index contributed by atoms with van der Waals surface area (Å²) in [5, 5.41) is 3.63. The van der Waals surface area contributed by atoms with Gasteiger partial charge in [-0.3, -0.25) is 0 Å². The van der Waals surface area contributed by atoms with Gasteiger partial charge in [0.05, 0.1) is 0 Å². The molecule has 1 nitrogen and oxygen atoms in total. The van der Waals surface area contributed by atoms with Crippen LogP contribution in [-0.4, -0.2) is 11.6 Å². The molecule has 1 fully saturated rings. The summed E-state index contributed by atoms with van der Waals surface area (Å²) in [6.07, 6.45) is 5.37. The monoisotopic (exact) mass is 141 g/mol. The van der Waals surface area contributed by atoms with Gasteiger partial charge in [0.15, 0.2) is 0 Å². The number of rotatable bonds is 4. The summed E-state index contributed by atoms with van der Waals surface area (Å²) in [6.45, 7) is 6.85. The minimum atomic E-state index is 0.385. The maximum atomic E-state index is 3.63. The third kappa shape index (κ3) is 2.70. The van der Waals surface area contributed by atoms with Crippen molar-refractivity contribution in [2.24, 2.45) is 0 Å². The van der Waals surface area contributed by atoms with Crippen LogP contribution in [0.25, 0.3) is 0 Å². The Bertz CT molecular complexity index is 103. The third-order valence-electron chi connectivity index (χ3n) is 2.05. The van der Waals surface area contributed by atoms with Gasteiger partial charge in [0.25, 0.3) is 0 Å². The normalized spacial score (nSPS) is 19.5. The van der Waals surface area contributed by atoms with E-state index in [4.69, 9.17) is 0 Å². The zero-order valence-electron chi connectivity index (χ0n) is 7.41. The molecule has 0 radical (unpaired) electrons. The van der Waals surface area contributed by atoms with Crippen LogP contribution in [0.3, 0.4) is 0 Å². The highest BCUT2D eigenvalue weighted by atomic mass is 15.0. The van der Waals surface area contributed by atoms with Crippen molar-refractivity contribution in [1.82, 2.24) is 5.32 Å². The van der Waals surface area contributed by atoms with E-state index in [1.807, 2.05) is 0 Å². The second-order valence-electron chi connectivity index (χ2n) is 4.05. The van der Waals surface area contributed by atoms with Gasteiger partial charge in [-0.1, -0.05) is 13.3 Å². The molecule has 0 amide bonds. The van der Waals surface area contributed by atoms with Crippen LogP contribution in [0.5, 0.6) is 0 Å². The zero-order valence-corrected chi connectivity index (χ0v) is 7.41. The summed E-state index contributed by atoms with van der Waals surface area (Å²) in [6, 6.07) is 0.849. The predicted molar refractivity (Wildman–Crippen MR) is 45.1 cm³/mol. The van der Waals surface area contributed by atoms with Crippen LogP contribution in [0.2, 0.25) is 0 Å². The van der Waals surface area contributed by atoms with Crippen molar-refractivity contribution in [3.8, 4) is 0 Å². The molecule has 0 spiro atoms. The maximum Gasteiger partial charge on any atom is 0.0127 e. The Morgan fingerprint density at radius 3 is 2.40 bits per heavy atom. The smallest absolute Gasteiger partial charge is 0.0127 e. The molecular weight excluding hydrogens is 122 g/mol. The van der Waals surface area contributed by atoms with Gasteiger partial charge >= 0.3 is 0 Å². The summed E-state index contributed by atoms with van der Waals surface area (Å²) in [5.74, 6) is 0. The molecule has 0 saturated heterocycles. The molecule has 60 valence electrons. The van der Waals surface area contributed by atoms with Gasteiger partial charge in [0, 0.05) is 11.6 Å². The molecular formula is C9H19N. The van der Waals surface area contributed by atoms with Crippen LogP contribution < -0.4 is 5.32 Å². The minimum absolute atomic E-state index is 0.385. The van der Waals surface area contributed by atoms with Crippen molar-refractivity contribution >= 4 is 0 Å². The average molecular weight is 141 g/mol. The molecule has 1 N–H and O–H groups in total. The first-order chi connectivity index (χ1) is 4.64. The molecule has 0 aromatic rings. The lowest BCUT2D eigenvalue weighted by atomic mass is 9.99. The van der Waals surface area contributed by atoms with Gasteiger partial charge in [-0.05, 0) is 33.1 Å². The lowest BCUT2D eigenvalue weighted by molar-refractivity contribution is 0.356. The number of hydrogen-bond donors (Lipinski definition) is 1. The van der Waals surface area contributed by atoms with Gasteiger partial charge in [-0.15, -0.1) is 0 Å². The lowest BCUT2D eigenvalue weighted by Gasteiger charge is -2.25. The van der Waals surface area contributed by atoms with E-state index in [2.05, 4.69) is 26.1 Å². The highest BCUT2D eigenvalue weighted by Gasteiger charge is 2.27. The van der Waals surface area contributed by atoms with Crippen LogP contribution >= 0.6 is 0 Å². The van der Waals surface area contributed by atoms with Crippen LogP contribution in [0.4, 0.5) is 0 Å². The molecule has 0 unspecified atom stereocenters. The molecule has 0 atom stereocenters. The Hall–Kier alpha value is -0.0400. The molecule has 1 heteroatoms. The van der Waals surface area contributed by atoms with E-state index in [9.17, 15) is 0 Å². The minimum Gasteiger partial charge on any atom is -0.309 e. The van der Waals surface area contributed by atoms with Crippen molar-refractivity contribution in [2.45, 2.75) is 58.0 Å². The second-order valence-corrected chi connectivity index (χ2v) is 4.05. The van der Waals surface area contributed by atoms with Crippen LogP contribution in [-0.2, 0) is 0 Å². The first-order valence-corrected chi connectivity index (χ1v) is 4.42. The Balaban J connectivity index is 2.19. The van der Waals surface area contributed by atoms with Gasteiger partial charge in [-0.2, -0.15) is 0 Å². The maximum absolute atomic E-state index is 3.63. The summed E-state index contributed by atoms with van der Waals surface area (Å²) in [5.41, 5.74) is 0.385. The predicted octanol–water partition coefficient (Wildman–Crippen LogP) is 2.32. The first-order valence-electron chi connectivity index (χ1n) is 4.42. The molecule has 1 aliphatic carbocycles. The number of nitrogens with one attached hydrogen (secondary N) is 1. The molecule has 1 saturated carbocycles. The van der Waals surface area contributed by atoms with E-state index in [-0.39, 0.29) is 0 Å². The summed E-state index contributed by atoms with van der Waals surface area (Å²) < 4.78 is 0. The Kier molecular flexibility index (Phi) is 2.35. The van der Waals surface area contributed by atoms with Crippen LogP contribution in [0, 0.1) is 0 Å². The molecule has 0 aromatic carbocycles. The zero-order chi connectivity index (χ0) is 7.61. The highest BCUT2D eigenvalue weighted by molar-refractivity contribution is 4.89. The molecule has 0 heterocycles. The Morgan fingerprint density at radius 2 is 2.00 bits per heavy atom. The standard InChI is InChI=1S/C9H19N/c1-4-7-9(2,3)10-8-5-6-8/h8,10H,4-7H2,1-3H3. The summed E-state index contributed by atoms with van der Waals surface area (Å²) in [4.78, 5) is 0. The fraction of sp³-hybridized carbons (Fsp3) is 1.00. The van der Waals surface area contributed by atoms with Crippen molar-refractivity contribution in [3.05, 3.63) is 0 Å². The van der Waals surface area contributed by atoms with E-state index in [0.717, 1.165) is 6.04 Å². The van der Waals surface area contributed by atoms with Gasteiger partial charge in [-0.25, -0.2) is 0 Å². The first kappa shape index (κ1) is 8.06. The van der Waals surface area contributed by atoms with E-state index in [1.165, 1.54) is 25.7 Å². The summed E-state index contributed by atoms with van der Waals surface area (Å²) >= 11 is 0. The summed E-state index contributed by atoms with van der Waals surface area (Å²) in [7, 11) is 0. The van der Waals surface area contributed by atoms with Crippen molar-refractivity contribution in [3.63, 3.8) is 0 Å². The van der Waals surface area contributed by atoms with E-state index < -0.39 is 0 Å². The quantitative estimate of drug-likeness (QED) is 0.633. The molecule has 1 aliphatic rings. The Labute approximate surface area is 64.2 Å². The largest absolute Gasteiger partial charge is 0.309 e. The van der Waals surface area contributed by atoms with Crippen LogP contribution in [0.1, 0.15) is 46.5 Å². The van der Waals surface area contributed by atoms with E-state index in [0.29, 0.717) is 5.54 Å². The fourth-order valence-corrected chi connectivity index (χ4v) is 1.48. The average Bonchev–Trinajstić information content (AvgIpc) is 2.48. The lowest BCUT2D eigenvalue weighted by Crippen LogP contribution is -2.40. The van der Waals surface area contributed by atoms with Gasteiger partial charge in [0.1, 0.15) is 0 Å². The van der Waals surface area contributed by atoms with Gasteiger partial charge in [0.2, 0.25) is 0 Å². The third-order valence-corrected chi connectivity index (χ3v) is 2.05. The van der Waals surface area contributed by atoms with Crippen molar-refractivity contribution in [2.75, 3.05) is 0 Å². The second kappa shape index (κ2) is 2.91. The molecule has 1 rings (SSSR count). The van der Waals surface area contributed by atoms with Crippen molar-refractivity contribution < 1.29 is 0 Å². The SMILES string of the molecule is CCCC(C)(C)NC1CC1. The topological polar surface area (TPSA) is 12.0 Å². The van der Waals surface area contributed by atoms with Crippen molar-refractivity contribution in [1.29, 1.82) is 0 Å². The molecule has 0 bridgehead atoms. The number of hydrogen-bond acceptors (Lipinski definition) is 1. The van der Waals surface area contributed by atoms with Gasteiger partial charge < -0.3 is 5.32 Å². The molecule has 0 aliphatic heterocycles. The fourth-order valence-electron chi connectivity index (χ4n) is 1.48. The van der Waals surface area contributed by atoms with Crippen LogP contribution in [0.15, 0.2) is 0 Å². The molecule has 10 heavy (non-hydrogen) atoms. The highest BCUT2D eigenvalue weighted by Crippen LogP contribution is 2.24. The van der Waals surface area contributed by atoms with E-state index in [1.54, 1.807) is 0 Å². The van der Waals surface area contributed by atoms with E-state index >= 15 is 0 Å². The molecule has 0 aromatic heterocycles. The Morgan fingerprint density at radius 1 is 1.40 bits per heavy atom.